The number of amides is 1. The molecule has 3 nitrogen and oxygen atoms in total. The quantitative estimate of drug-likeness (QED) is 0.849. The number of anilines is 1. The van der Waals surface area contributed by atoms with Gasteiger partial charge >= 0.3 is 0 Å². The second-order valence-electron chi connectivity index (χ2n) is 5.98. The molecule has 22 heavy (non-hydrogen) atoms. The molecule has 1 aromatic rings. The van der Waals surface area contributed by atoms with Gasteiger partial charge in [-0.2, -0.15) is 11.8 Å². The second-order valence-corrected chi connectivity index (χ2v) is 7.55. The van der Waals surface area contributed by atoms with Crippen LogP contribution in [0.2, 0.25) is 0 Å². The Kier molecular flexibility index (Phi) is 8.29. The number of piperidine rings is 1. The van der Waals surface area contributed by atoms with Crippen molar-refractivity contribution in [3.63, 3.8) is 0 Å². The van der Waals surface area contributed by atoms with Gasteiger partial charge in [-0.3, -0.25) is 4.79 Å². The molecule has 5 heteroatoms. The molecule has 2 N–H and O–H groups in total. The Hall–Kier alpha value is -0.710. The van der Waals surface area contributed by atoms with Crippen molar-refractivity contribution < 1.29 is 4.79 Å². The SMILES string of the molecule is Cc1c(CSC(C)C)cccc1NC(=O)C1CCCNC1.Cl. The van der Waals surface area contributed by atoms with Crippen LogP contribution in [0.5, 0.6) is 0 Å². The number of rotatable bonds is 5. The van der Waals surface area contributed by atoms with Gasteiger partial charge < -0.3 is 10.6 Å². The van der Waals surface area contributed by atoms with Crippen molar-refractivity contribution in [1.82, 2.24) is 5.32 Å². The van der Waals surface area contributed by atoms with E-state index in [0.717, 1.165) is 37.4 Å². The Bertz CT molecular complexity index is 488. The minimum absolute atomic E-state index is 0. The Balaban J connectivity index is 0.00000242. The Morgan fingerprint density at radius 1 is 1.45 bits per heavy atom. The normalized spacial score (nSPS) is 17.9. The summed E-state index contributed by atoms with van der Waals surface area (Å²) in [5, 5.41) is 7.04. The zero-order valence-corrected chi connectivity index (χ0v) is 15.3. The largest absolute Gasteiger partial charge is 0.326 e. The molecule has 124 valence electrons. The van der Waals surface area contributed by atoms with Crippen LogP contribution in [0.1, 0.15) is 37.8 Å². The first-order valence-electron chi connectivity index (χ1n) is 7.79. The standard InChI is InChI=1S/C17H26N2OS.ClH/c1-12(2)21-11-15-6-4-8-16(13(15)3)19-17(20)14-7-5-9-18-10-14;/h4,6,8,12,14,18H,5,7,9-11H2,1-3H3,(H,19,20);1H. The summed E-state index contributed by atoms with van der Waals surface area (Å²) in [4.78, 5) is 12.3. The van der Waals surface area contributed by atoms with E-state index in [1.165, 1.54) is 11.1 Å². The molecule has 1 heterocycles. The van der Waals surface area contributed by atoms with Crippen molar-refractivity contribution in [2.45, 2.75) is 44.6 Å². The topological polar surface area (TPSA) is 41.1 Å². The van der Waals surface area contributed by atoms with Crippen molar-refractivity contribution in [2.24, 2.45) is 5.92 Å². The number of halogens is 1. The minimum Gasteiger partial charge on any atom is -0.326 e. The summed E-state index contributed by atoms with van der Waals surface area (Å²) in [6, 6.07) is 6.20. The van der Waals surface area contributed by atoms with E-state index in [0.29, 0.717) is 5.25 Å². The lowest BCUT2D eigenvalue weighted by atomic mass is 9.98. The van der Waals surface area contributed by atoms with E-state index in [-0.39, 0.29) is 24.2 Å². The lowest BCUT2D eigenvalue weighted by Gasteiger charge is -2.22. The summed E-state index contributed by atoms with van der Waals surface area (Å²) < 4.78 is 0. The summed E-state index contributed by atoms with van der Waals surface area (Å²) >= 11 is 1.93. The first-order chi connectivity index (χ1) is 10.1. The number of thioether (sulfide) groups is 1. The second kappa shape index (κ2) is 9.43. The zero-order valence-electron chi connectivity index (χ0n) is 13.6. The van der Waals surface area contributed by atoms with Gasteiger partial charge in [0, 0.05) is 18.0 Å². The molecule has 1 aliphatic rings. The molecule has 1 atom stereocenters. The van der Waals surface area contributed by atoms with Gasteiger partial charge in [-0.15, -0.1) is 12.4 Å². The predicted octanol–water partition coefficient (Wildman–Crippen LogP) is 4.00. The van der Waals surface area contributed by atoms with Crippen molar-refractivity contribution >= 4 is 35.8 Å². The van der Waals surface area contributed by atoms with Crippen LogP contribution in [-0.4, -0.2) is 24.2 Å². The maximum absolute atomic E-state index is 12.3. The first kappa shape index (κ1) is 19.3. The number of nitrogens with one attached hydrogen (secondary N) is 2. The lowest BCUT2D eigenvalue weighted by Crippen LogP contribution is -2.37. The molecule has 0 bridgehead atoms. The fraction of sp³-hybridized carbons (Fsp3) is 0.588. The van der Waals surface area contributed by atoms with E-state index < -0.39 is 0 Å². The van der Waals surface area contributed by atoms with E-state index in [1.807, 2.05) is 23.9 Å². The number of carbonyl (C=O) groups excluding carboxylic acids is 1. The van der Waals surface area contributed by atoms with Crippen LogP contribution in [0.25, 0.3) is 0 Å². The van der Waals surface area contributed by atoms with E-state index in [4.69, 9.17) is 0 Å². The van der Waals surface area contributed by atoms with Crippen LogP contribution in [0.4, 0.5) is 5.69 Å². The summed E-state index contributed by atoms with van der Waals surface area (Å²) in [5.74, 6) is 1.25. The molecule has 2 rings (SSSR count). The van der Waals surface area contributed by atoms with Crippen LogP contribution in [-0.2, 0) is 10.5 Å². The smallest absolute Gasteiger partial charge is 0.228 e. The molecule has 1 unspecified atom stereocenters. The molecular formula is C17H27ClN2OS. The Labute approximate surface area is 144 Å². The third-order valence-corrected chi connectivity index (χ3v) is 5.09. The fourth-order valence-electron chi connectivity index (χ4n) is 2.54. The van der Waals surface area contributed by atoms with Gasteiger partial charge in [0.25, 0.3) is 0 Å². The monoisotopic (exact) mass is 342 g/mol. The van der Waals surface area contributed by atoms with Gasteiger partial charge in [-0.05, 0) is 48.8 Å². The molecule has 1 amide bonds. The van der Waals surface area contributed by atoms with Crippen molar-refractivity contribution in [3.05, 3.63) is 29.3 Å². The van der Waals surface area contributed by atoms with E-state index in [9.17, 15) is 4.79 Å². The van der Waals surface area contributed by atoms with Crippen LogP contribution in [0, 0.1) is 12.8 Å². The Morgan fingerprint density at radius 2 is 2.23 bits per heavy atom. The maximum atomic E-state index is 12.3. The number of benzene rings is 1. The highest BCUT2D eigenvalue weighted by Crippen LogP contribution is 2.25. The number of hydrogen-bond acceptors (Lipinski definition) is 3. The van der Waals surface area contributed by atoms with Crippen LogP contribution in [0.15, 0.2) is 18.2 Å². The zero-order chi connectivity index (χ0) is 15.2. The molecule has 1 aromatic carbocycles. The molecule has 0 radical (unpaired) electrons. The van der Waals surface area contributed by atoms with E-state index >= 15 is 0 Å². The highest BCUT2D eigenvalue weighted by atomic mass is 35.5. The average molecular weight is 343 g/mol. The lowest BCUT2D eigenvalue weighted by molar-refractivity contribution is -0.120. The fourth-order valence-corrected chi connectivity index (χ4v) is 3.37. The molecule has 1 saturated heterocycles. The minimum atomic E-state index is 0. The molecule has 0 saturated carbocycles. The average Bonchev–Trinajstić information content (AvgIpc) is 2.49. The highest BCUT2D eigenvalue weighted by molar-refractivity contribution is 7.99. The highest BCUT2D eigenvalue weighted by Gasteiger charge is 2.21. The van der Waals surface area contributed by atoms with Crippen LogP contribution >= 0.6 is 24.2 Å². The maximum Gasteiger partial charge on any atom is 0.228 e. The number of carbonyl (C=O) groups is 1. The van der Waals surface area contributed by atoms with Gasteiger partial charge in [-0.25, -0.2) is 0 Å². The van der Waals surface area contributed by atoms with Gasteiger partial charge in [0.15, 0.2) is 0 Å². The van der Waals surface area contributed by atoms with Gasteiger partial charge in [0.2, 0.25) is 5.91 Å². The molecular weight excluding hydrogens is 316 g/mol. The van der Waals surface area contributed by atoms with E-state index in [1.54, 1.807) is 0 Å². The number of hydrogen-bond donors (Lipinski definition) is 2. The van der Waals surface area contributed by atoms with Crippen molar-refractivity contribution in [2.75, 3.05) is 18.4 Å². The molecule has 0 spiro atoms. The summed E-state index contributed by atoms with van der Waals surface area (Å²) in [7, 11) is 0. The first-order valence-corrected chi connectivity index (χ1v) is 8.84. The molecule has 1 fully saturated rings. The molecule has 0 aromatic heterocycles. The van der Waals surface area contributed by atoms with E-state index in [2.05, 4.69) is 37.5 Å². The molecule has 1 aliphatic heterocycles. The van der Waals surface area contributed by atoms with Gasteiger partial charge in [0.1, 0.15) is 0 Å². The van der Waals surface area contributed by atoms with Crippen molar-refractivity contribution in [1.29, 1.82) is 0 Å². The summed E-state index contributed by atoms with van der Waals surface area (Å²) in [6.45, 7) is 8.35. The van der Waals surface area contributed by atoms with Crippen LogP contribution < -0.4 is 10.6 Å². The molecule has 0 aliphatic carbocycles. The predicted molar refractivity (Wildman–Crippen MR) is 99.1 cm³/mol. The summed E-state index contributed by atoms with van der Waals surface area (Å²) in [5.41, 5.74) is 3.48. The third-order valence-electron chi connectivity index (χ3n) is 3.94. The Morgan fingerprint density at radius 3 is 2.86 bits per heavy atom. The third kappa shape index (κ3) is 5.49. The van der Waals surface area contributed by atoms with Crippen LogP contribution in [0.3, 0.4) is 0 Å². The van der Waals surface area contributed by atoms with Gasteiger partial charge in [0.05, 0.1) is 5.92 Å². The van der Waals surface area contributed by atoms with Gasteiger partial charge in [-0.1, -0.05) is 26.0 Å². The van der Waals surface area contributed by atoms with Crippen molar-refractivity contribution in [3.8, 4) is 0 Å². The summed E-state index contributed by atoms with van der Waals surface area (Å²) in [6.07, 6.45) is 2.07.